The zero-order valence-electron chi connectivity index (χ0n) is 19.1. The number of aryl methyl sites for hydroxylation is 2. The van der Waals surface area contributed by atoms with Crippen LogP contribution < -0.4 is 10.1 Å². The van der Waals surface area contributed by atoms with E-state index in [2.05, 4.69) is 25.5 Å². The van der Waals surface area contributed by atoms with Crippen LogP contribution in [0.15, 0.2) is 55.0 Å². The van der Waals surface area contributed by atoms with Crippen LogP contribution in [0.3, 0.4) is 0 Å². The molecule has 4 aromatic rings. The summed E-state index contributed by atoms with van der Waals surface area (Å²) in [5.41, 5.74) is 2.83. The summed E-state index contributed by atoms with van der Waals surface area (Å²) in [6, 6.07) is 10.3. The fourth-order valence-electron chi connectivity index (χ4n) is 3.64. The van der Waals surface area contributed by atoms with Crippen LogP contribution >= 0.6 is 0 Å². The highest BCUT2D eigenvalue weighted by Gasteiger charge is 2.34. The SMILES string of the molecule is COc1nc(-c2cc(C)c(NC(C)c3ccccc3C(F)(F)F)nn2)ccc1-n1cnc(C)c1. The molecule has 0 saturated heterocycles. The molecule has 1 N–H and O–H groups in total. The second kappa shape index (κ2) is 9.12. The third-order valence-corrected chi connectivity index (χ3v) is 5.36. The lowest BCUT2D eigenvalue weighted by Crippen LogP contribution is -2.16. The van der Waals surface area contributed by atoms with Crippen molar-refractivity contribution in [1.29, 1.82) is 0 Å². The number of rotatable bonds is 6. The highest BCUT2D eigenvalue weighted by molar-refractivity contribution is 5.61. The van der Waals surface area contributed by atoms with Gasteiger partial charge in [0, 0.05) is 6.20 Å². The number of hydrogen-bond donors (Lipinski definition) is 1. The molecule has 0 amide bonds. The molecule has 0 aliphatic rings. The van der Waals surface area contributed by atoms with Crippen LogP contribution in [0.1, 0.15) is 35.3 Å². The van der Waals surface area contributed by atoms with E-state index < -0.39 is 17.8 Å². The number of nitrogens with one attached hydrogen (secondary N) is 1. The van der Waals surface area contributed by atoms with Gasteiger partial charge in [0.05, 0.1) is 36.4 Å². The van der Waals surface area contributed by atoms with Crippen molar-refractivity contribution in [3.05, 3.63) is 77.4 Å². The number of pyridine rings is 1. The van der Waals surface area contributed by atoms with E-state index in [1.54, 1.807) is 31.5 Å². The summed E-state index contributed by atoms with van der Waals surface area (Å²) < 4.78 is 47.4. The summed E-state index contributed by atoms with van der Waals surface area (Å²) in [4.78, 5) is 8.77. The Kier molecular flexibility index (Phi) is 6.23. The molecule has 0 spiro atoms. The van der Waals surface area contributed by atoms with Gasteiger partial charge in [0.1, 0.15) is 11.4 Å². The van der Waals surface area contributed by atoms with Gasteiger partial charge < -0.3 is 14.6 Å². The molecule has 4 rings (SSSR count). The van der Waals surface area contributed by atoms with Gasteiger partial charge in [-0.1, -0.05) is 18.2 Å². The van der Waals surface area contributed by atoms with Gasteiger partial charge in [-0.25, -0.2) is 9.97 Å². The second-order valence-corrected chi connectivity index (χ2v) is 7.86. The number of nitrogens with zero attached hydrogens (tertiary/aromatic N) is 5. The molecule has 1 aromatic carbocycles. The van der Waals surface area contributed by atoms with Crippen LogP contribution in [-0.2, 0) is 6.18 Å². The van der Waals surface area contributed by atoms with Crippen molar-refractivity contribution in [3.8, 4) is 23.0 Å². The average molecular weight is 468 g/mol. The Morgan fingerprint density at radius 3 is 2.44 bits per heavy atom. The molecule has 0 aliphatic carbocycles. The number of ether oxygens (including phenoxy) is 1. The maximum absolute atomic E-state index is 13.4. The molecule has 3 aromatic heterocycles. The largest absolute Gasteiger partial charge is 0.479 e. The zero-order valence-corrected chi connectivity index (χ0v) is 19.1. The molecular weight excluding hydrogens is 445 g/mol. The van der Waals surface area contributed by atoms with E-state index >= 15 is 0 Å². The van der Waals surface area contributed by atoms with Gasteiger partial charge in [-0.05, 0) is 56.2 Å². The molecule has 10 heteroatoms. The number of imidazole rings is 1. The summed E-state index contributed by atoms with van der Waals surface area (Å²) in [6.07, 6.45) is -0.901. The first-order valence-electron chi connectivity index (χ1n) is 10.5. The van der Waals surface area contributed by atoms with Crippen LogP contribution in [0.5, 0.6) is 5.88 Å². The molecule has 3 heterocycles. The molecule has 176 valence electrons. The Morgan fingerprint density at radius 1 is 1.03 bits per heavy atom. The predicted molar refractivity (Wildman–Crippen MR) is 122 cm³/mol. The number of methoxy groups -OCH3 is 1. The van der Waals surface area contributed by atoms with Gasteiger partial charge in [-0.15, -0.1) is 10.2 Å². The number of hydrogen-bond acceptors (Lipinski definition) is 6. The van der Waals surface area contributed by atoms with Gasteiger partial charge in [0.15, 0.2) is 5.82 Å². The maximum atomic E-state index is 13.4. The highest BCUT2D eigenvalue weighted by atomic mass is 19.4. The van der Waals surface area contributed by atoms with Crippen molar-refractivity contribution in [1.82, 2.24) is 24.7 Å². The van der Waals surface area contributed by atoms with E-state index in [0.717, 1.165) is 23.0 Å². The van der Waals surface area contributed by atoms with E-state index in [-0.39, 0.29) is 5.56 Å². The average Bonchev–Trinajstić information content (AvgIpc) is 3.25. The normalized spacial score (nSPS) is 12.4. The van der Waals surface area contributed by atoms with Gasteiger partial charge >= 0.3 is 6.18 Å². The van der Waals surface area contributed by atoms with Crippen molar-refractivity contribution in [3.63, 3.8) is 0 Å². The molecule has 0 aliphatic heterocycles. The Labute approximate surface area is 194 Å². The van der Waals surface area contributed by atoms with Crippen molar-refractivity contribution in [2.45, 2.75) is 33.0 Å². The Hall–Kier alpha value is -3.95. The molecule has 0 fully saturated rings. The van der Waals surface area contributed by atoms with Gasteiger partial charge in [0.2, 0.25) is 5.88 Å². The summed E-state index contributed by atoms with van der Waals surface area (Å²) >= 11 is 0. The topological polar surface area (TPSA) is 77.8 Å². The van der Waals surface area contributed by atoms with E-state index in [0.29, 0.717) is 23.1 Å². The van der Waals surface area contributed by atoms with Gasteiger partial charge in [-0.2, -0.15) is 13.2 Å². The van der Waals surface area contributed by atoms with Crippen LogP contribution in [-0.4, -0.2) is 31.8 Å². The molecule has 1 unspecified atom stereocenters. The molecule has 34 heavy (non-hydrogen) atoms. The lowest BCUT2D eigenvalue weighted by atomic mass is 10.0. The fraction of sp³-hybridized carbons (Fsp3) is 0.250. The fourth-order valence-corrected chi connectivity index (χ4v) is 3.64. The summed E-state index contributed by atoms with van der Waals surface area (Å²) in [7, 11) is 1.53. The number of aromatic nitrogens is 5. The minimum atomic E-state index is -4.44. The van der Waals surface area contributed by atoms with E-state index in [1.165, 1.54) is 19.2 Å². The number of benzene rings is 1. The van der Waals surface area contributed by atoms with Gasteiger partial charge in [-0.3, -0.25) is 0 Å². The summed E-state index contributed by atoms with van der Waals surface area (Å²) in [5.74, 6) is 0.791. The number of alkyl halides is 3. The number of halogens is 3. The highest BCUT2D eigenvalue weighted by Crippen LogP contribution is 2.35. The third-order valence-electron chi connectivity index (χ3n) is 5.36. The van der Waals surface area contributed by atoms with E-state index in [9.17, 15) is 13.2 Å². The summed E-state index contributed by atoms with van der Waals surface area (Å²) in [5, 5.41) is 11.5. The molecule has 0 bridgehead atoms. The standard InChI is InChI=1S/C24H23F3N6O/c1-14-11-20(19-9-10-21(23(30-19)34-4)33-12-15(2)28-13-33)31-32-22(14)29-16(3)17-7-5-6-8-18(17)24(25,26)27/h5-13,16H,1-4H3,(H,29,32). The quantitative estimate of drug-likeness (QED) is 0.400. The second-order valence-electron chi connectivity index (χ2n) is 7.86. The molecular formula is C24H23F3N6O. The zero-order chi connectivity index (χ0) is 24.5. The summed E-state index contributed by atoms with van der Waals surface area (Å²) in [6.45, 7) is 5.35. The van der Waals surface area contributed by atoms with Crippen molar-refractivity contribution in [2.24, 2.45) is 0 Å². The number of anilines is 1. The molecule has 1 atom stereocenters. The van der Waals surface area contributed by atoms with Crippen LogP contribution in [0.4, 0.5) is 19.0 Å². The maximum Gasteiger partial charge on any atom is 0.416 e. The lowest BCUT2D eigenvalue weighted by molar-refractivity contribution is -0.138. The predicted octanol–water partition coefficient (Wildman–Crippen LogP) is 5.54. The van der Waals surface area contributed by atoms with Crippen molar-refractivity contribution < 1.29 is 17.9 Å². The minimum Gasteiger partial charge on any atom is -0.479 e. The molecule has 7 nitrogen and oxygen atoms in total. The van der Waals surface area contributed by atoms with Crippen LogP contribution in [0.2, 0.25) is 0 Å². The molecule has 0 saturated carbocycles. The first-order valence-corrected chi connectivity index (χ1v) is 10.5. The van der Waals surface area contributed by atoms with Gasteiger partial charge in [0.25, 0.3) is 0 Å². The molecule has 0 radical (unpaired) electrons. The van der Waals surface area contributed by atoms with E-state index in [1.807, 2.05) is 30.7 Å². The first-order chi connectivity index (χ1) is 16.2. The smallest absolute Gasteiger partial charge is 0.416 e. The van der Waals surface area contributed by atoms with Crippen molar-refractivity contribution in [2.75, 3.05) is 12.4 Å². The van der Waals surface area contributed by atoms with Crippen molar-refractivity contribution >= 4 is 5.82 Å². The Morgan fingerprint density at radius 2 is 1.79 bits per heavy atom. The van der Waals surface area contributed by atoms with E-state index in [4.69, 9.17) is 4.74 Å². The monoisotopic (exact) mass is 468 g/mol. The minimum absolute atomic E-state index is 0.136. The first kappa shape index (κ1) is 23.2. The Balaban J connectivity index is 1.60. The lowest BCUT2D eigenvalue weighted by Gasteiger charge is -2.20. The van der Waals surface area contributed by atoms with Crippen LogP contribution in [0, 0.1) is 13.8 Å². The third kappa shape index (κ3) is 4.70. The van der Waals surface area contributed by atoms with Crippen LogP contribution in [0.25, 0.3) is 17.1 Å². The Bertz CT molecular complexity index is 1320.